The predicted octanol–water partition coefficient (Wildman–Crippen LogP) is 2.01. The van der Waals surface area contributed by atoms with E-state index < -0.39 is 17.8 Å². The van der Waals surface area contributed by atoms with Gasteiger partial charge in [0.1, 0.15) is 11.1 Å². The summed E-state index contributed by atoms with van der Waals surface area (Å²) in [6.07, 6.45) is 0. The number of benzene rings is 1. The number of anilines is 3. The van der Waals surface area contributed by atoms with E-state index in [0.29, 0.717) is 0 Å². The van der Waals surface area contributed by atoms with E-state index in [1.165, 1.54) is 13.0 Å². The minimum absolute atomic E-state index is 0.0426. The number of carbonyl (C=O) groups excluding carboxylic acids is 1. The molecular formula is C11H15ClFN3O2. The van der Waals surface area contributed by atoms with Crippen LogP contribution in [0.2, 0.25) is 5.02 Å². The number of esters is 1. The Morgan fingerprint density at radius 3 is 2.72 bits per heavy atom. The lowest BCUT2D eigenvalue weighted by molar-refractivity contribution is -0.143. The highest BCUT2D eigenvalue weighted by Crippen LogP contribution is 2.34. The molecule has 0 radical (unpaired) electrons. The SMILES string of the molecule is CCOC(=O)C(C)Nc1c(N)cc(N)c(Cl)c1F. The van der Waals surface area contributed by atoms with Crippen LogP contribution in [-0.4, -0.2) is 18.6 Å². The maximum Gasteiger partial charge on any atom is 0.328 e. The molecule has 0 heterocycles. The smallest absolute Gasteiger partial charge is 0.328 e. The Kier molecular flexibility index (Phi) is 4.61. The van der Waals surface area contributed by atoms with E-state index in [9.17, 15) is 9.18 Å². The van der Waals surface area contributed by atoms with Crippen LogP contribution in [0.3, 0.4) is 0 Å². The van der Waals surface area contributed by atoms with Gasteiger partial charge in [-0.1, -0.05) is 11.6 Å². The van der Waals surface area contributed by atoms with Crippen LogP contribution in [0.25, 0.3) is 0 Å². The molecule has 0 saturated heterocycles. The van der Waals surface area contributed by atoms with E-state index >= 15 is 0 Å². The van der Waals surface area contributed by atoms with Gasteiger partial charge in [-0.05, 0) is 19.9 Å². The Morgan fingerprint density at radius 1 is 1.56 bits per heavy atom. The molecule has 18 heavy (non-hydrogen) atoms. The Balaban J connectivity index is 2.98. The third-order valence-corrected chi connectivity index (χ3v) is 2.65. The van der Waals surface area contributed by atoms with Crippen molar-refractivity contribution in [3.63, 3.8) is 0 Å². The topological polar surface area (TPSA) is 90.4 Å². The molecule has 1 rings (SSSR count). The van der Waals surface area contributed by atoms with Crippen LogP contribution in [-0.2, 0) is 9.53 Å². The van der Waals surface area contributed by atoms with Crippen molar-refractivity contribution in [2.24, 2.45) is 0 Å². The molecule has 0 amide bonds. The first kappa shape index (κ1) is 14.4. The molecule has 0 aliphatic rings. The van der Waals surface area contributed by atoms with Crippen molar-refractivity contribution in [3.05, 3.63) is 16.9 Å². The van der Waals surface area contributed by atoms with Crippen LogP contribution in [0, 0.1) is 5.82 Å². The van der Waals surface area contributed by atoms with Gasteiger partial charge in [0.05, 0.1) is 23.7 Å². The first-order valence-corrected chi connectivity index (χ1v) is 5.72. The highest BCUT2D eigenvalue weighted by atomic mass is 35.5. The summed E-state index contributed by atoms with van der Waals surface area (Å²) >= 11 is 5.67. The zero-order chi connectivity index (χ0) is 13.9. The first-order valence-electron chi connectivity index (χ1n) is 5.34. The van der Waals surface area contributed by atoms with Crippen LogP contribution in [0.1, 0.15) is 13.8 Å². The molecule has 0 aliphatic carbocycles. The molecule has 5 nitrogen and oxygen atoms in total. The monoisotopic (exact) mass is 275 g/mol. The van der Waals surface area contributed by atoms with Gasteiger partial charge in [0.15, 0.2) is 5.82 Å². The largest absolute Gasteiger partial charge is 0.464 e. The Labute approximate surface area is 109 Å². The standard InChI is InChI=1S/C11H15ClFN3O2/c1-3-18-11(17)5(2)16-10-7(15)4-6(14)8(12)9(10)13/h4-5,16H,3,14-15H2,1-2H3. The number of ether oxygens (including phenoxy) is 1. The minimum atomic E-state index is -0.787. The van der Waals surface area contributed by atoms with Crippen molar-refractivity contribution in [2.75, 3.05) is 23.4 Å². The fourth-order valence-corrected chi connectivity index (χ4v) is 1.50. The number of rotatable bonds is 4. The molecule has 1 atom stereocenters. The molecule has 1 unspecified atom stereocenters. The van der Waals surface area contributed by atoms with Crippen LogP contribution in [0.4, 0.5) is 21.5 Å². The number of hydrogen-bond donors (Lipinski definition) is 3. The Hall–Kier alpha value is -1.69. The molecule has 100 valence electrons. The van der Waals surface area contributed by atoms with Crippen LogP contribution in [0.5, 0.6) is 0 Å². The van der Waals surface area contributed by atoms with Gasteiger partial charge in [-0.2, -0.15) is 0 Å². The molecular weight excluding hydrogens is 261 g/mol. The van der Waals surface area contributed by atoms with Crippen molar-refractivity contribution < 1.29 is 13.9 Å². The van der Waals surface area contributed by atoms with E-state index in [-0.39, 0.29) is 28.7 Å². The number of nitrogens with one attached hydrogen (secondary N) is 1. The lowest BCUT2D eigenvalue weighted by Crippen LogP contribution is -2.29. The lowest BCUT2D eigenvalue weighted by Gasteiger charge is -2.17. The summed E-state index contributed by atoms with van der Waals surface area (Å²) < 4.78 is 18.6. The van der Waals surface area contributed by atoms with Gasteiger partial charge in [-0.15, -0.1) is 0 Å². The Bertz CT molecular complexity index is 468. The number of halogens is 2. The molecule has 7 heteroatoms. The van der Waals surface area contributed by atoms with Gasteiger partial charge < -0.3 is 21.5 Å². The third-order valence-electron chi connectivity index (χ3n) is 2.27. The van der Waals surface area contributed by atoms with Gasteiger partial charge in [-0.3, -0.25) is 0 Å². The van der Waals surface area contributed by atoms with E-state index in [2.05, 4.69) is 5.32 Å². The van der Waals surface area contributed by atoms with Crippen molar-refractivity contribution >= 4 is 34.6 Å². The first-order chi connectivity index (χ1) is 8.38. The number of nitrogen functional groups attached to an aromatic ring is 2. The van der Waals surface area contributed by atoms with Crippen molar-refractivity contribution in [2.45, 2.75) is 19.9 Å². The molecule has 5 N–H and O–H groups in total. The van der Waals surface area contributed by atoms with E-state index in [1.54, 1.807) is 6.92 Å². The van der Waals surface area contributed by atoms with Crippen LogP contribution < -0.4 is 16.8 Å². The van der Waals surface area contributed by atoms with Crippen LogP contribution in [0.15, 0.2) is 6.07 Å². The van der Waals surface area contributed by atoms with E-state index in [0.717, 1.165) is 0 Å². The number of hydrogen-bond acceptors (Lipinski definition) is 5. The highest BCUT2D eigenvalue weighted by Gasteiger charge is 2.20. The third kappa shape index (κ3) is 2.95. The normalized spacial score (nSPS) is 12.0. The zero-order valence-electron chi connectivity index (χ0n) is 10.1. The molecule has 0 bridgehead atoms. The summed E-state index contributed by atoms with van der Waals surface area (Å²) in [5.41, 5.74) is 11.1. The summed E-state index contributed by atoms with van der Waals surface area (Å²) in [5.74, 6) is -1.30. The van der Waals surface area contributed by atoms with Gasteiger partial charge in [0.2, 0.25) is 0 Å². The summed E-state index contributed by atoms with van der Waals surface area (Å²) in [5, 5.41) is 2.38. The summed E-state index contributed by atoms with van der Waals surface area (Å²) in [6, 6.07) is 0.576. The van der Waals surface area contributed by atoms with Gasteiger partial charge in [0.25, 0.3) is 0 Å². The Morgan fingerprint density at radius 2 is 2.17 bits per heavy atom. The zero-order valence-corrected chi connectivity index (χ0v) is 10.8. The van der Waals surface area contributed by atoms with Crippen molar-refractivity contribution in [3.8, 4) is 0 Å². The fourth-order valence-electron chi connectivity index (χ4n) is 1.36. The lowest BCUT2D eigenvalue weighted by atomic mass is 10.2. The van der Waals surface area contributed by atoms with E-state index in [1.807, 2.05) is 0 Å². The van der Waals surface area contributed by atoms with Gasteiger partial charge in [-0.25, -0.2) is 9.18 Å². The van der Waals surface area contributed by atoms with Gasteiger partial charge in [0, 0.05) is 0 Å². The van der Waals surface area contributed by atoms with Crippen LogP contribution >= 0.6 is 11.6 Å². The average Bonchev–Trinajstić information content (AvgIpc) is 2.32. The second kappa shape index (κ2) is 5.77. The molecule has 0 fully saturated rings. The molecule has 0 aromatic heterocycles. The van der Waals surface area contributed by atoms with Gasteiger partial charge >= 0.3 is 5.97 Å². The summed E-state index contributed by atoms with van der Waals surface area (Å²) in [6.45, 7) is 3.45. The molecule has 0 spiro atoms. The molecule has 0 aliphatic heterocycles. The summed E-state index contributed by atoms with van der Waals surface area (Å²) in [4.78, 5) is 11.4. The van der Waals surface area contributed by atoms with E-state index in [4.69, 9.17) is 27.8 Å². The maximum atomic E-state index is 13.8. The fraction of sp³-hybridized carbons (Fsp3) is 0.364. The molecule has 1 aromatic rings. The predicted molar refractivity (Wildman–Crippen MR) is 70.0 cm³/mol. The number of carbonyl (C=O) groups is 1. The second-order valence-electron chi connectivity index (χ2n) is 3.68. The molecule has 1 aromatic carbocycles. The minimum Gasteiger partial charge on any atom is -0.464 e. The average molecular weight is 276 g/mol. The maximum absolute atomic E-state index is 13.8. The number of nitrogens with two attached hydrogens (primary N) is 2. The van der Waals surface area contributed by atoms with Crippen molar-refractivity contribution in [1.82, 2.24) is 0 Å². The molecule has 0 saturated carbocycles. The second-order valence-corrected chi connectivity index (χ2v) is 4.05. The van der Waals surface area contributed by atoms with Crippen molar-refractivity contribution in [1.29, 1.82) is 0 Å². The summed E-state index contributed by atoms with van der Waals surface area (Å²) in [7, 11) is 0. The quantitative estimate of drug-likeness (QED) is 0.578. The highest BCUT2D eigenvalue weighted by molar-refractivity contribution is 6.33.